The number of amides is 1. The van der Waals surface area contributed by atoms with E-state index in [1.165, 1.54) is 0 Å². The van der Waals surface area contributed by atoms with E-state index in [4.69, 9.17) is 9.26 Å². The molecule has 0 unspecified atom stereocenters. The van der Waals surface area contributed by atoms with Crippen LogP contribution in [0.3, 0.4) is 0 Å². The van der Waals surface area contributed by atoms with Gasteiger partial charge in [-0.3, -0.25) is 9.78 Å². The number of nitrogens with zero attached hydrogens (tertiary/aromatic N) is 2. The zero-order valence-electron chi connectivity index (χ0n) is 14.1. The fourth-order valence-electron chi connectivity index (χ4n) is 3.21. The molecule has 1 aliphatic heterocycles. The molecule has 1 amide bonds. The van der Waals surface area contributed by atoms with Gasteiger partial charge in [0.15, 0.2) is 0 Å². The number of pyridine rings is 1. The molecule has 1 saturated carbocycles. The van der Waals surface area contributed by atoms with Crippen molar-refractivity contribution in [3.05, 3.63) is 65.3 Å². The highest BCUT2D eigenvalue weighted by atomic mass is 16.5. The normalized spacial score (nSPS) is 14.9. The fraction of sp³-hybridized carbons (Fsp3) is 0.250. The molecule has 6 nitrogen and oxygen atoms in total. The Kier molecular flexibility index (Phi) is 3.48. The summed E-state index contributed by atoms with van der Waals surface area (Å²) in [6, 6.07) is 9.42. The third-order valence-corrected chi connectivity index (χ3v) is 4.81. The molecular formula is C20H17N3O3. The molecule has 0 bridgehead atoms. The highest BCUT2D eigenvalue weighted by Gasteiger charge is 2.27. The van der Waals surface area contributed by atoms with Crippen molar-refractivity contribution in [1.29, 1.82) is 0 Å². The van der Waals surface area contributed by atoms with Crippen LogP contribution in [0, 0.1) is 0 Å². The molecular weight excluding hydrogens is 330 g/mol. The number of carbonyl (C=O) groups excluding carboxylic acids is 1. The van der Waals surface area contributed by atoms with Gasteiger partial charge in [-0.05, 0) is 42.7 Å². The standard InChI is InChI=1S/C20H17N3O3/c24-20(22-10-15-8-18(26-23-15)12-1-2-12)13-3-4-17-16-5-6-21-9-14(16)11-25-19(17)7-13/h3-9,12H,1-2,10-11H2,(H,22,24). The van der Waals surface area contributed by atoms with Crippen molar-refractivity contribution in [1.82, 2.24) is 15.5 Å². The lowest BCUT2D eigenvalue weighted by Crippen LogP contribution is -2.23. The molecule has 1 N–H and O–H groups in total. The number of rotatable bonds is 4. The van der Waals surface area contributed by atoms with E-state index in [0.717, 1.165) is 41.0 Å². The maximum Gasteiger partial charge on any atom is 0.251 e. The SMILES string of the molecule is O=C(NCc1cc(C2CC2)on1)c1ccc2c(c1)OCc1cnccc1-2. The molecule has 2 aliphatic rings. The molecule has 0 atom stereocenters. The number of fused-ring (bicyclic) bond motifs is 3. The van der Waals surface area contributed by atoms with Crippen LogP contribution in [0.25, 0.3) is 11.1 Å². The van der Waals surface area contributed by atoms with Gasteiger partial charge in [-0.25, -0.2) is 0 Å². The van der Waals surface area contributed by atoms with E-state index in [1.807, 2.05) is 30.5 Å². The minimum Gasteiger partial charge on any atom is -0.488 e. The molecule has 0 spiro atoms. The summed E-state index contributed by atoms with van der Waals surface area (Å²) in [5, 5.41) is 6.90. The van der Waals surface area contributed by atoms with Gasteiger partial charge in [-0.2, -0.15) is 0 Å². The minimum absolute atomic E-state index is 0.159. The lowest BCUT2D eigenvalue weighted by molar-refractivity contribution is 0.0949. The second-order valence-electron chi connectivity index (χ2n) is 6.71. The quantitative estimate of drug-likeness (QED) is 0.782. The van der Waals surface area contributed by atoms with E-state index >= 15 is 0 Å². The predicted molar refractivity (Wildman–Crippen MR) is 93.7 cm³/mol. The second-order valence-corrected chi connectivity index (χ2v) is 6.71. The highest BCUT2D eigenvalue weighted by molar-refractivity contribution is 5.95. The Balaban J connectivity index is 1.31. The van der Waals surface area contributed by atoms with Gasteiger partial charge in [-0.1, -0.05) is 5.16 Å². The Labute approximate surface area is 150 Å². The molecule has 5 rings (SSSR count). The van der Waals surface area contributed by atoms with Crippen LogP contribution in [0.15, 0.2) is 47.2 Å². The van der Waals surface area contributed by atoms with Crippen LogP contribution in [0.4, 0.5) is 0 Å². The largest absolute Gasteiger partial charge is 0.488 e. The van der Waals surface area contributed by atoms with E-state index in [2.05, 4.69) is 15.5 Å². The number of benzene rings is 1. The molecule has 1 aromatic carbocycles. The van der Waals surface area contributed by atoms with Gasteiger partial charge in [0, 0.05) is 41.1 Å². The first kappa shape index (κ1) is 15.1. The maximum absolute atomic E-state index is 12.5. The highest BCUT2D eigenvalue weighted by Crippen LogP contribution is 2.40. The van der Waals surface area contributed by atoms with E-state index in [-0.39, 0.29) is 5.91 Å². The molecule has 0 radical (unpaired) electrons. The first-order valence-corrected chi connectivity index (χ1v) is 8.72. The monoisotopic (exact) mass is 347 g/mol. The maximum atomic E-state index is 12.5. The van der Waals surface area contributed by atoms with Crippen LogP contribution < -0.4 is 10.1 Å². The lowest BCUT2D eigenvalue weighted by Gasteiger charge is -2.20. The van der Waals surface area contributed by atoms with Gasteiger partial charge in [-0.15, -0.1) is 0 Å². The molecule has 1 aliphatic carbocycles. The van der Waals surface area contributed by atoms with Gasteiger partial charge in [0.05, 0.1) is 6.54 Å². The van der Waals surface area contributed by atoms with Crippen LogP contribution >= 0.6 is 0 Å². The second kappa shape index (κ2) is 5.98. The topological polar surface area (TPSA) is 77.2 Å². The lowest BCUT2D eigenvalue weighted by atomic mass is 9.97. The van der Waals surface area contributed by atoms with Crippen LogP contribution in [0.1, 0.15) is 46.1 Å². The van der Waals surface area contributed by atoms with Crippen LogP contribution in [-0.4, -0.2) is 16.0 Å². The number of aromatic nitrogens is 2. The fourth-order valence-corrected chi connectivity index (χ4v) is 3.21. The van der Waals surface area contributed by atoms with E-state index in [1.54, 1.807) is 12.3 Å². The summed E-state index contributed by atoms with van der Waals surface area (Å²) in [5.74, 6) is 1.99. The molecule has 26 heavy (non-hydrogen) atoms. The summed E-state index contributed by atoms with van der Waals surface area (Å²) >= 11 is 0. The Morgan fingerprint density at radius 2 is 2.12 bits per heavy atom. The molecule has 130 valence electrons. The third kappa shape index (κ3) is 2.73. The van der Waals surface area contributed by atoms with Gasteiger partial charge in [0.25, 0.3) is 5.91 Å². The molecule has 6 heteroatoms. The van der Waals surface area contributed by atoms with Crippen LogP contribution in [0.5, 0.6) is 5.75 Å². The summed E-state index contributed by atoms with van der Waals surface area (Å²) in [7, 11) is 0. The Morgan fingerprint density at radius 3 is 3.00 bits per heavy atom. The molecule has 3 aromatic rings. The Hall–Kier alpha value is -3.15. The number of hydrogen-bond acceptors (Lipinski definition) is 5. The van der Waals surface area contributed by atoms with Crippen LogP contribution in [0.2, 0.25) is 0 Å². The average Bonchev–Trinajstić information content (AvgIpc) is 3.43. The van der Waals surface area contributed by atoms with E-state index < -0.39 is 0 Å². The zero-order chi connectivity index (χ0) is 17.5. The first-order chi connectivity index (χ1) is 12.8. The number of ether oxygens (including phenoxy) is 1. The third-order valence-electron chi connectivity index (χ3n) is 4.81. The molecule has 3 heterocycles. The zero-order valence-corrected chi connectivity index (χ0v) is 14.1. The van der Waals surface area contributed by atoms with Crippen molar-refractivity contribution in [3.63, 3.8) is 0 Å². The summed E-state index contributed by atoms with van der Waals surface area (Å²) in [6.07, 6.45) is 5.90. The van der Waals surface area contributed by atoms with Crippen molar-refractivity contribution in [2.24, 2.45) is 0 Å². The van der Waals surface area contributed by atoms with Crippen molar-refractivity contribution in [3.8, 4) is 16.9 Å². The van der Waals surface area contributed by atoms with Crippen molar-refractivity contribution in [2.45, 2.75) is 31.9 Å². The summed E-state index contributed by atoms with van der Waals surface area (Å²) in [6.45, 7) is 0.811. The number of hydrogen-bond donors (Lipinski definition) is 1. The molecule has 0 saturated heterocycles. The van der Waals surface area contributed by atoms with Crippen molar-refractivity contribution in [2.75, 3.05) is 0 Å². The average molecular weight is 347 g/mol. The first-order valence-electron chi connectivity index (χ1n) is 8.72. The Morgan fingerprint density at radius 1 is 1.19 bits per heavy atom. The van der Waals surface area contributed by atoms with Gasteiger partial charge >= 0.3 is 0 Å². The van der Waals surface area contributed by atoms with Crippen molar-refractivity contribution >= 4 is 5.91 Å². The van der Waals surface area contributed by atoms with E-state index in [9.17, 15) is 4.79 Å². The smallest absolute Gasteiger partial charge is 0.251 e. The summed E-state index contributed by atoms with van der Waals surface area (Å²) in [4.78, 5) is 16.6. The predicted octanol–water partition coefficient (Wildman–Crippen LogP) is 3.44. The van der Waals surface area contributed by atoms with Crippen LogP contribution in [-0.2, 0) is 13.2 Å². The summed E-state index contributed by atoms with van der Waals surface area (Å²) < 4.78 is 11.1. The number of nitrogens with one attached hydrogen (secondary N) is 1. The van der Waals surface area contributed by atoms with Gasteiger partial charge < -0.3 is 14.6 Å². The molecule has 2 aromatic heterocycles. The van der Waals surface area contributed by atoms with Gasteiger partial charge in [0.2, 0.25) is 0 Å². The van der Waals surface area contributed by atoms with Gasteiger partial charge in [0.1, 0.15) is 23.8 Å². The van der Waals surface area contributed by atoms with E-state index in [0.29, 0.717) is 30.4 Å². The van der Waals surface area contributed by atoms with Crippen molar-refractivity contribution < 1.29 is 14.1 Å². The number of carbonyl (C=O) groups is 1. The Bertz CT molecular complexity index is 991. The summed E-state index contributed by atoms with van der Waals surface area (Å²) in [5.41, 5.74) is 4.44. The minimum atomic E-state index is -0.159. The molecule has 1 fully saturated rings.